The Morgan fingerprint density at radius 2 is 1.69 bits per heavy atom. The molecule has 0 aliphatic carbocycles. The standard InChI is InChI=1S/C11H16O.Ti/c1-2-3-4-5-10-6-8-11(12)9-7-10;/h6-9,12H,2-5H2,1H3;. The normalized spacial score (nSPS) is 9.31. The molecule has 0 spiro atoms. The topological polar surface area (TPSA) is 20.2 Å². The minimum absolute atomic E-state index is 0. The summed E-state index contributed by atoms with van der Waals surface area (Å²) in [6, 6.07) is 7.48. The van der Waals surface area contributed by atoms with Crippen molar-refractivity contribution in [2.45, 2.75) is 32.6 Å². The van der Waals surface area contributed by atoms with E-state index in [0.717, 1.165) is 6.42 Å². The minimum Gasteiger partial charge on any atom is -0.508 e. The van der Waals surface area contributed by atoms with Gasteiger partial charge in [-0.2, -0.15) is 0 Å². The van der Waals surface area contributed by atoms with Crippen molar-refractivity contribution in [2.24, 2.45) is 0 Å². The van der Waals surface area contributed by atoms with Gasteiger partial charge in [0.05, 0.1) is 0 Å². The fourth-order valence-electron chi connectivity index (χ4n) is 1.24. The van der Waals surface area contributed by atoms with Gasteiger partial charge in [0.15, 0.2) is 0 Å². The summed E-state index contributed by atoms with van der Waals surface area (Å²) in [6.45, 7) is 2.21. The molecule has 0 aromatic heterocycles. The molecule has 0 fully saturated rings. The van der Waals surface area contributed by atoms with E-state index < -0.39 is 0 Å². The third-order valence-corrected chi connectivity index (χ3v) is 2.01. The molecular formula is C11H16OTi. The molecule has 0 aliphatic rings. The Labute approximate surface area is 95.1 Å². The van der Waals surface area contributed by atoms with Crippen LogP contribution in [-0.2, 0) is 28.1 Å². The van der Waals surface area contributed by atoms with Crippen LogP contribution in [0.1, 0.15) is 31.7 Å². The molecule has 70 valence electrons. The second-order valence-electron chi connectivity index (χ2n) is 3.12. The van der Waals surface area contributed by atoms with Crippen molar-refractivity contribution in [3.8, 4) is 5.75 Å². The van der Waals surface area contributed by atoms with Crippen molar-refractivity contribution in [1.29, 1.82) is 0 Å². The predicted octanol–water partition coefficient (Wildman–Crippen LogP) is 3.12. The van der Waals surface area contributed by atoms with E-state index in [1.807, 2.05) is 12.1 Å². The van der Waals surface area contributed by atoms with Crippen molar-refractivity contribution in [1.82, 2.24) is 0 Å². The number of aryl methyl sites for hydroxylation is 1. The molecule has 0 saturated carbocycles. The number of phenolic OH excluding ortho intramolecular Hbond substituents is 1. The zero-order chi connectivity index (χ0) is 8.81. The predicted molar refractivity (Wildman–Crippen MR) is 51.3 cm³/mol. The summed E-state index contributed by atoms with van der Waals surface area (Å²) >= 11 is 0. The molecule has 13 heavy (non-hydrogen) atoms. The molecule has 0 bridgehead atoms. The van der Waals surface area contributed by atoms with E-state index in [1.54, 1.807) is 12.1 Å². The summed E-state index contributed by atoms with van der Waals surface area (Å²) < 4.78 is 0. The van der Waals surface area contributed by atoms with Gasteiger partial charge in [-0.25, -0.2) is 0 Å². The number of hydrogen-bond acceptors (Lipinski definition) is 1. The molecule has 0 amide bonds. The summed E-state index contributed by atoms with van der Waals surface area (Å²) in [6.07, 6.45) is 4.94. The van der Waals surface area contributed by atoms with Gasteiger partial charge in [-0.15, -0.1) is 0 Å². The third-order valence-electron chi connectivity index (χ3n) is 2.01. The molecular weight excluding hydrogens is 196 g/mol. The molecule has 0 unspecified atom stereocenters. The first-order valence-corrected chi connectivity index (χ1v) is 4.61. The monoisotopic (exact) mass is 212 g/mol. The molecule has 1 nitrogen and oxygen atoms in total. The molecule has 1 rings (SSSR count). The second kappa shape index (κ2) is 7.17. The maximum Gasteiger partial charge on any atom is 0.115 e. The van der Waals surface area contributed by atoms with Gasteiger partial charge in [0, 0.05) is 21.7 Å². The van der Waals surface area contributed by atoms with Crippen LogP contribution in [0.3, 0.4) is 0 Å². The van der Waals surface area contributed by atoms with Gasteiger partial charge in [-0.05, 0) is 30.5 Å². The SMILES string of the molecule is CCCCCc1ccc(O)cc1.[Ti]. The van der Waals surface area contributed by atoms with E-state index in [9.17, 15) is 0 Å². The van der Waals surface area contributed by atoms with Crippen molar-refractivity contribution in [3.63, 3.8) is 0 Å². The molecule has 0 heterocycles. The number of aromatic hydroxyl groups is 1. The molecule has 0 atom stereocenters. The molecule has 1 aromatic rings. The van der Waals surface area contributed by atoms with Gasteiger partial charge in [0.1, 0.15) is 5.75 Å². The van der Waals surface area contributed by atoms with Crippen molar-refractivity contribution in [3.05, 3.63) is 29.8 Å². The Hall–Kier alpha value is -0.266. The average Bonchev–Trinajstić information content (AvgIpc) is 2.09. The van der Waals surface area contributed by atoms with Gasteiger partial charge in [0.25, 0.3) is 0 Å². The molecule has 1 N–H and O–H groups in total. The fourth-order valence-corrected chi connectivity index (χ4v) is 1.24. The van der Waals surface area contributed by atoms with Crippen LogP contribution in [0.5, 0.6) is 5.75 Å². The maximum atomic E-state index is 9.03. The zero-order valence-corrected chi connectivity index (χ0v) is 9.65. The summed E-state index contributed by atoms with van der Waals surface area (Å²) in [5.41, 5.74) is 1.32. The van der Waals surface area contributed by atoms with Crippen LogP contribution in [0, 0.1) is 0 Å². The third kappa shape index (κ3) is 5.12. The summed E-state index contributed by atoms with van der Waals surface area (Å²) in [4.78, 5) is 0. The van der Waals surface area contributed by atoms with E-state index in [0.29, 0.717) is 5.75 Å². The van der Waals surface area contributed by atoms with Crippen LogP contribution in [0.15, 0.2) is 24.3 Å². The quantitative estimate of drug-likeness (QED) is 0.600. The van der Waals surface area contributed by atoms with E-state index in [1.165, 1.54) is 24.8 Å². The first kappa shape index (κ1) is 12.7. The Balaban J connectivity index is 0.00000144. The second-order valence-corrected chi connectivity index (χ2v) is 3.12. The number of unbranched alkanes of at least 4 members (excludes halogenated alkanes) is 2. The van der Waals surface area contributed by atoms with Gasteiger partial charge in [-0.1, -0.05) is 31.9 Å². The van der Waals surface area contributed by atoms with Crippen LogP contribution in [0.25, 0.3) is 0 Å². The van der Waals surface area contributed by atoms with Gasteiger partial charge in [0.2, 0.25) is 0 Å². The summed E-state index contributed by atoms with van der Waals surface area (Å²) in [7, 11) is 0. The smallest absolute Gasteiger partial charge is 0.115 e. The largest absolute Gasteiger partial charge is 0.508 e. The Kier molecular flexibility index (Phi) is 7.02. The van der Waals surface area contributed by atoms with Gasteiger partial charge in [-0.3, -0.25) is 0 Å². The molecule has 2 heteroatoms. The van der Waals surface area contributed by atoms with Crippen LogP contribution < -0.4 is 0 Å². The number of benzene rings is 1. The minimum atomic E-state index is 0. The Bertz CT molecular complexity index is 218. The Morgan fingerprint density at radius 3 is 2.23 bits per heavy atom. The van der Waals surface area contributed by atoms with E-state index >= 15 is 0 Å². The molecule has 0 radical (unpaired) electrons. The van der Waals surface area contributed by atoms with Crippen LogP contribution in [0.4, 0.5) is 0 Å². The van der Waals surface area contributed by atoms with Crippen molar-refractivity contribution >= 4 is 0 Å². The van der Waals surface area contributed by atoms with Gasteiger partial charge >= 0.3 is 0 Å². The molecule has 0 saturated heterocycles. The zero-order valence-electron chi connectivity index (χ0n) is 8.09. The Morgan fingerprint density at radius 1 is 1.08 bits per heavy atom. The number of rotatable bonds is 4. The number of hydrogen-bond donors (Lipinski definition) is 1. The average molecular weight is 212 g/mol. The van der Waals surface area contributed by atoms with E-state index in [-0.39, 0.29) is 21.7 Å². The maximum absolute atomic E-state index is 9.03. The van der Waals surface area contributed by atoms with Crippen molar-refractivity contribution in [2.75, 3.05) is 0 Å². The van der Waals surface area contributed by atoms with Crippen LogP contribution in [0.2, 0.25) is 0 Å². The van der Waals surface area contributed by atoms with Crippen molar-refractivity contribution < 1.29 is 26.8 Å². The number of phenols is 1. The van der Waals surface area contributed by atoms with E-state index in [4.69, 9.17) is 5.11 Å². The van der Waals surface area contributed by atoms with Crippen LogP contribution in [-0.4, -0.2) is 5.11 Å². The van der Waals surface area contributed by atoms with Crippen LogP contribution >= 0.6 is 0 Å². The van der Waals surface area contributed by atoms with Gasteiger partial charge < -0.3 is 5.11 Å². The first-order chi connectivity index (χ1) is 5.83. The fraction of sp³-hybridized carbons (Fsp3) is 0.455. The summed E-state index contributed by atoms with van der Waals surface area (Å²) in [5.74, 6) is 0.356. The van der Waals surface area contributed by atoms with E-state index in [2.05, 4.69) is 6.92 Å². The molecule has 1 aromatic carbocycles. The summed E-state index contributed by atoms with van der Waals surface area (Å²) in [5, 5.41) is 9.03. The molecule has 0 aliphatic heterocycles. The first-order valence-electron chi connectivity index (χ1n) is 4.61.